The van der Waals surface area contributed by atoms with Crippen molar-refractivity contribution in [3.8, 4) is 0 Å². The molecule has 0 saturated heterocycles. The quantitative estimate of drug-likeness (QED) is 0.330. The molecule has 0 fully saturated rings. The van der Waals surface area contributed by atoms with Gasteiger partial charge in [-0.3, -0.25) is 0 Å². The van der Waals surface area contributed by atoms with Crippen LogP contribution in [0.1, 0.15) is 5.82 Å². The van der Waals surface area contributed by atoms with Gasteiger partial charge in [-0.1, -0.05) is 60.7 Å². The van der Waals surface area contributed by atoms with Gasteiger partial charge in [-0.15, -0.1) is 12.4 Å². The van der Waals surface area contributed by atoms with Crippen molar-refractivity contribution in [3.63, 3.8) is 0 Å². The van der Waals surface area contributed by atoms with Crippen LogP contribution in [0.4, 0.5) is 0 Å². The van der Waals surface area contributed by atoms with E-state index >= 15 is 0 Å². The summed E-state index contributed by atoms with van der Waals surface area (Å²) in [6.07, 6.45) is 0. The highest BCUT2D eigenvalue weighted by molar-refractivity contribution is 6.20. The van der Waals surface area contributed by atoms with Crippen LogP contribution in [0.3, 0.4) is 0 Å². The maximum absolute atomic E-state index is 12.8. The number of imidazole rings is 1. The van der Waals surface area contributed by atoms with Gasteiger partial charge < -0.3 is 14.0 Å². The number of nitrogens with one attached hydrogen (secondary N) is 1. The van der Waals surface area contributed by atoms with Gasteiger partial charge in [0.05, 0.1) is 34.0 Å². The van der Waals surface area contributed by atoms with Gasteiger partial charge in [-0.25, -0.2) is 9.78 Å². The zero-order chi connectivity index (χ0) is 21.2. The highest BCUT2D eigenvalue weighted by atomic mass is 35.5. The van der Waals surface area contributed by atoms with E-state index in [0.29, 0.717) is 17.5 Å². The first kappa shape index (κ1) is 19.6. The summed E-state index contributed by atoms with van der Waals surface area (Å²) in [5.74, 6) is 0.855. The number of aromatic nitrogens is 3. The SMILES string of the molecule is Cl.O=c1oc2c3ccc4ccccc4c3n(Cc3nc4ccccc4[nH]3)c2c2ccccc12. The Bertz CT molecular complexity index is 1860. The molecule has 0 unspecified atom stereocenters. The zero-order valence-electron chi connectivity index (χ0n) is 17.4. The third-order valence-corrected chi connectivity index (χ3v) is 6.24. The van der Waals surface area contributed by atoms with Crippen LogP contribution >= 0.6 is 12.4 Å². The summed E-state index contributed by atoms with van der Waals surface area (Å²) in [5, 5.41) is 4.65. The molecule has 4 aromatic carbocycles. The normalized spacial score (nSPS) is 11.6. The number of aromatic amines is 1. The third kappa shape index (κ3) is 2.79. The van der Waals surface area contributed by atoms with Gasteiger partial charge in [0.25, 0.3) is 0 Å². The maximum atomic E-state index is 12.8. The Hall–Kier alpha value is -4.09. The number of fused-ring (bicyclic) bond motifs is 8. The van der Waals surface area contributed by atoms with E-state index in [0.717, 1.165) is 49.4 Å². The minimum Gasteiger partial charge on any atom is -0.420 e. The molecule has 0 aliphatic heterocycles. The Morgan fingerprint density at radius 2 is 1.48 bits per heavy atom. The molecule has 0 spiro atoms. The zero-order valence-corrected chi connectivity index (χ0v) is 18.2. The number of halogens is 1. The summed E-state index contributed by atoms with van der Waals surface area (Å²) < 4.78 is 8.14. The summed E-state index contributed by atoms with van der Waals surface area (Å²) in [5.41, 5.74) is 4.19. The van der Waals surface area contributed by atoms with Crippen molar-refractivity contribution in [2.24, 2.45) is 0 Å². The topological polar surface area (TPSA) is 63.8 Å². The summed E-state index contributed by atoms with van der Waals surface area (Å²) in [7, 11) is 0. The molecule has 0 amide bonds. The average molecular weight is 452 g/mol. The predicted octanol–water partition coefficient (Wildman–Crippen LogP) is 6.40. The second-order valence-electron chi connectivity index (χ2n) is 8.08. The molecule has 0 bridgehead atoms. The van der Waals surface area contributed by atoms with Crippen molar-refractivity contribution in [2.75, 3.05) is 0 Å². The first-order valence-electron chi connectivity index (χ1n) is 10.6. The summed E-state index contributed by atoms with van der Waals surface area (Å²) in [6.45, 7) is 0.528. The van der Waals surface area contributed by atoms with E-state index in [9.17, 15) is 4.79 Å². The van der Waals surface area contributed by atoms with Gasteiger partial charge in [0.15, 0.2) is 5.58 Å². The second kappa shape index (κ2) is 7.22. The average Bonchev–Trinajstić information content (AvgIpc) is 3.38. The Labute approximate surface area is 193 Å². The number of hydrogen-bond donors (Lipinski definition) is 1. The molecule has 5 nitrogen and oxygen atoms in total. The molecule has 3 heterocycles. The molecule has 160 valence electrons. The number of hydrogen-bond acceptors (Lipinski definition) is 3. The summed E-state index contributed by atoms with van der Waals surface area (Å²) >= 11 is 0. The van der Waals surface area contributed by atoms with Gasteiger partial charge in [-0.2, -0.15) is 0 Å². The Kier molecular flexibility index (Phi) is 4.28. The molecule has 0 aliphatic carbocycles. The number of rotatable bonds is 2. The van der Waals surface area contributed by atoms with Crippen LogP contribution in [0, 0.1) is 0 Å². The lowest BCUT2D eigenvalue weighted by molar-refractivity contribution is 0.571. The van der Waals surface area contributed by atoms with E-state index in [1.54, 1.807) is 0 Å². The number of para-hydroxylation sites is 2. The predicted molar refractivity (Wildman–Crippen MR) is 135 cm³/mol. The molecule has 1 N–H and O–H groups in total. The van der Waals surface area contributed by atoms with Crippen molar-refractivity contribution in [3.05, 3.63) is 101 Å². The van der Waals surface area contributed by atoms with Gasteiger partial charge in [0, 0.05) is 16.2 Å². The van der Waals surface area contributed by atoms with E-state index < -0.39 is 0 Å². The van der Waals surface area contributed by atoms with Crippen molar-refractivity contribution in [1.29, 1.82) is 0 Å². The summed E-state index contributed by atoms with van der Waals surface area (Å²) in [4.78, 5) is 21.0. The maximum Gasteiger partial charge on any atom is 0.344 e. The number of benzene rings is 4. The number of nitrogens with zero attached hydrogens (tertiary/aromatic N) is 2. The molecule has 7 aromatic rings. The van der Waals surface area contributed by atoms with Crippen LogP contribution in [-0.2, 0) is 6.54 Å². The summed E-state index contributed by atoms with van der Waals surface area (Å²) in [6, 6.07) is 28.1. The molecular weight excluding hydrogens is 434 g/mol. The monoisotopic (exact) mass is 451 g/mol. The van der Waals surface area contributed by atoms with E-state index in [4.69, 9.17) is 9.40 Å². The highest BCUT2D eigenvalue weighted by Crippen LogP contribution is 2.37. The fourth-order valence-corrected chi connectivity index (χ4v) is 4.87. The lowest BCUT2D eigenvalue weighted by Gasteiger charge is -2.09. The molecular formula is C27H18ClN3O2. The lowest BCUT2D eigenvalue weighted by Crippen LogP contribution is -2.04. The standard InChI is InChI=1S/C27H17N3O2.ClH/c31-27-19-10-4-3-9-18(19)25-26(32-27)20-14-13-16-7-1-2-8-17(16)24(20)30(25)15-23-28-21-11-5-6-12-22(21)29-23;/h1-14H,15H2,(H,28,29);1H. The van der Waals surface area contributed by atoms with E-state index in [1.807, 2.05) is 66.7 Å². The lowest BCUT2D eigenvalue weighted by atomic mass is 10.1. The minimum absolute atomic E-state index is 0. The van der Waals surface area contributed by atoms with Gasteiger partial charge >= 0.3 is 5.63 Å². The molecule has 7 rings (SSSR count). The van der Waals surface area contributed by atoms with Crippen molar-refractivity contribution in [2.45, 2.75) is 6.54 Å². The molecule has 3 aromatic heterocycles. The van der Waals surface area contributed by atoms with E-state index in [-0.39, 0.29) is 18.0 Å². The fraction of sp³-hybridized carbons (Fsp3) is 0.0370. The van der Waals surface area contributed by atoms with Crippen LogP contribution in [0.15, 0.2) is 94.1 Å². The van der Waals surface area contributed by atoms with Crippen molar-refractivity contribution >= 4 is 67.0 Å². The Morgan fingerprint density at radius 3 is 2.33 bits per heavy atom. The smallest absolute Gasteiger partial charge is 0.344 e. The largest absolute Gasteiger partial charge is 0.420 e. The van der Waals surface area contributed by atoms with Crippen molar-refractivity contribution < 1.29 is 4.42 Å². The fourth-order valence-electron chi connectivity index (χ4n) is 4.87. The second-order valence-corrected chi connectivity index (χ2v) is 8.08. The van der Waals surface area contributed by atoms with Crippen LogP contribution < -0.4 is 5.63 Å². The van der Waals surface area contributed by atoms with Crippen LogP contribution in [0.5, 0.6) is 0 Å². The Morgan fingerprint density at radius 1 is 0.758 bits per heavy atom. The van der Waals surface area contributed by atoms with Crippen LogP contribution in [0.25, 0.3) is 54.6 Å². The molecule has 0 radical (unpaired) electrons. The van der Waals surface area contributed by atoms with Crippen molar-refractivity contribution in [1.82, 2.24) is 14.5 Å². The van der Waals surface area contributed by atoms with Gasteiger partial charge in [-0.05, 0) is 29.7 Å². The van der Waals surface area contributed by atoms with Gasteiger partial charge in [0.1, 0.15) is 5.82 Å². The van der Waals surface area contributed by atoms with Crippen LogP contribution in [-0.4, -0.2) is 14.5 Å². The Balaban J connectivity index is 0.00000206. The minimum atomic E-state index is -0.316. The van der Waals surface area contributed by atoms with Crippen LogP contribution in [0.2, 0.25) is 0 Å². The molecule has 0 aliphatic rings. The van der Waals surface area contributed by atoms with Gasteiger partial charge in [0.2, 0.25) is 0 Å². The number of H-pyrrole nitrogens is 1. The van der Waals surface area contributed by atoms with E-state index in [1.165, 1.54) is 0 Å². The third-order valence-electron chi connectivity index (χ3n) is 6.24. The molecule has 0 atom stereocenters. The molecule has 0 saturated carbocycles. The molecule has 6 heteroatoms. The highest BCUT2D eigenvalue weighted by Gasteiger charge is 2.20. The van der Waals surface area contributed by atoms with E-state index in [2.05, 4.69) is 27.8 Å². The first-order valence-corrected chi connectivity index (χ1v) is 10.6. The first-order chi connectivity index (χ1) is 15.8. The molecule has 33 heavy (non-hydrogen) atoms.